The van der Waals surface area contributed by atoms with E-state index >= 15 is 0 Å². The molecular weight excluding hydrogens is 423 g/mol. The Bertz CT molecular complexity index is 1080. The van der Waals surface area contributed by atoms with Crippen molar-refractivity contribution in [3.8, 4) is 0 Å². The zero-order chi connectivity index (χ0) is 23.3. The summed E-state index contributed by atoms with van der Waals surface area (Å²) in [6.07, 6.45) is 2.04. The van der Waals surface area contributed by atoms with Crippen molar-refractivity contribution < 1.29 is 14.0 Å². The number of hydrogen-bond donors (Lipinski definition) is 0. The SMILES string of the molecule is CC(=O)N1CCN(c2nc3c(c(N(c4ccc(F)cc4)C4CC4)n2)CN(C(C)C)C3=O)CC1. The Balaban J connectivity index is 1.58. The summed E-state index contributed by atoms with van der Waals surface area (Å²) in [5.41, 5.74) is 2.14. The standard InChI is InChI=1S/C24H29FN6O2/c1-15(2)30-14-20-21(23(30)33)26-24(29-12-10-28(11-13-29)16(3)32)27-22(20)31(19-8-9-19)18-6-4-17(25)5-7-18/h4-7,15,19H,8-14H2,1-3H3. The van der Waals surface area contributed by atoms with Crippen molar-refractivity contribution in [3.05, 3.63) is 41.3 Å². The number of carbonyl (C=O) groups excluding carboxylic acids is 2. The van der Waals surface area contributed by atoms with Gasteiger partial charge < -0.3 is 19.6 Å². The van der Waals surface area contributed by atoms with E-state index in [0.717, 1.165) is 29.9 Å². The van der Waals surface area contributed by atoms with Crippen LogP contribution in [0.1, 0.15) is 49.7 Å². The third-order valence-corrected chi connectivity index (χ3v) is 6.64. The molecule has 33 heavy (non-hydrogen) atoms. The summed E-state index contributed by atoms with van der Waals surface area (Å²) < 4.78 is 13.6. The molecule has 0 spiro atoms. The maximum atomic E-state index is 13.6. The van der Waals surface area contributed by atoms with Crippen LogP contribution in [0.5, 0.6) is 0 Å². The lowest BCUT2D eigenvalue weighted by molar-refractivity contribution is -0.129. The van der Waals surface area contributed by atoms with Crippen molar-refractivity contribution in [1.82, 2.24) is 19.8 Å². The van der Waals surface area contributed by atoms with Crippen LogP contribution in [0.25, 0.3) is 0 Å². The molecule has 2 amide bonds. The maximum absolute atomic E-state index is 13.6. The van der Waals surface area contributed by atoms with Crippen molar-refractivity contribution in [2.75, 3.05) is 36.0 Å². The summed E-state index contributed by atoms with van der Waals surface area (Å²) in [6, 6.07) is 6.76. The number of halogens is 1. The van der Waals surface area contributed by atoms with Gasteiger partial charge in [0.2, 0.25) is 11.9 Å². The van der Waals surface area contributed by atoms with Crippen LogP contribution in [0.3, 0.4) is 0 Å². The highest BCUT2D eigenvalue weighted by molar-refractivity contribution is 5.98. The molecule has 3 heterocycles. The Kier molecular flexibility index (Phi) is 5.42. The lowest BCUT2D eigenvalue weighted by Gasteiger charge is -2.35. The fraction of sp³-hybridized carbons (Fsp3) is 0.500. The van der Waals surface area contributed by atoms with Crippen LogP contribution in [0.15, 0.2) is 24.3 Å². The first-order valence-electron chi connectivity index (χ1n) is 11.6. The van der Waals surface area contributed by atoms with Crippen molar-refractivity contribution >= 4 is 29.3 Å². The number of aromatic nitrogens is 2. The zero-order valence-electron chi connectivity index (χ0n) is 19.3. The third-order valence-electron chi connectivity index (χ3n) is 6.64. The Morgan fingerprint density at radius 3 is 2.33 bits per heavy atom. The summed E-state index contributed by atoms with van der Waals surface area (Å²) in [5, 5.41) is 0. The van der Waals surface area contributed by atoms with E-state index in [1.165, 1.54) is 12.1 Å². The minimum atomic E-state index is -0.285. The molecule has 1 aromatic heterocycles. The van der Waals surface area contributed by atoms with Gasteiger partial charge in [0.05, 0.1) is 6.54 Å². The quantitative estimate of drug-likeness (QED) is 0.695. The van der Waals surface area contributed by atoms with Gasteiger partial charge in [0.25, 0.3) is 5.91 Å². The second-order valence-electron chi connectivity index (χ2n) is 9.27. The molecule has 2 aromatic rings. The van der Waals surface area contributed by atoms with Gasteiger partial charge in [0.15, 0.2) is 0 Å². The van der Waals surface area contributed by atoms with E-state index in [4.69, 9.17) is 9.97 Å². The van der Waals surface area contributed by atoms with E-state index in [9.17, 15) is 14.0 Å². The zero-order valence-corrected chi connectivity index (χ0v) is 19.3. The molecule has 0 radical (unpaired) electrons. The molecule has 1 aliphatic carbocycles. The number of hydrogen-bond acceptors (Lipinski definition) is 6. The predicted molar refractivity (Wildman–Crippen MR) is 123 cm³/mol. The van der Waals surface area contributed by atoms with Gasteiger partial charge in [-0.2, -0.15) is 4.98 Å². The van der Waals surface area contributed by atoms with Crippen LogP contribution in [-0.4, -0.2) is 69.8 Å². The molecule has 174 valence electrons. The van der Waals surface area contributed by atoms with Gasteiger partial charge in [0.1, 0.15) is 17.3 Å². The molecule has 9 heteroatoms. The topological polar surface area (TPSA) is 72.9 Å². The Labute approximate surface area is 193 Å². The van der Waals surface area contributed by atoms with Crippen LogP contribution in [-0.2, 0) is 11.3 Å². The molecule has 1 saturated carbocycles. The molecule has 0 bridgehead atoms. The van der Waals surface area contributed by atoms with Crippen molar-refractivity contribution in [2.24, 2.45) is 0 Å². The summed E-state index contributed by atoms with van der Waals surface area (Å²) in [7, 11) is 0. The number of rotatable bonds is 5. The normalized spacial score (nSPS) is 18.2. The molecule has 1 aromatic carbocycles. The smallest absolute Gasteiger partial charge is 0.273 e. The highest BCUT2D eigenvalue weighted by Crippen LogP contribution is 2.42. The number of piperazine rings is 1. The van der Waals surface area contributed by atoms with Crippen molar-refractivity contribution in [2.45, 2.75) is 52.2 Å². The van der Waals surface area contributed by atoms with Gasteiger partial charge in [-0.25, -0.2) is 9.37 Å². The molecule has 8 nitrogen and oxygen atoms in total. The van der Waals surface area contributed by atoms with Gasteiger partial charge in [-0.05, 0) is 51.0 Å². The lowest BCUT2D eigenvalue weighted by Crippen LogP contribution is -2.48. The van der Waals surface area contributed by atoms with Gasteiger partial charge >= 0.3 is 0 Å². The molecule has 0 atom stereocenters. The number of benzene rings is 1. The van der Waals surface area contributed by atoms with Crippen LogP contribution >= 0.6 is 0 Å². The van der Waals surface area contributed by atoms with Crippen LogP contribution in [0.4, 0.5) is 21.8 Å². The van der Waals surface area contributed by atoms with E-state index in [1.807, 2.05) is 28.5 Å². The summed E-state index contributed by atoms with van der Waals surface area (Å²) >= 11 is 0. The Morgan fingerprint density at radius 1 is 1.09 bits per heavy atom. The van der Waals surface area contributed by atoms with E-state index < -0.39 is 0 Å². The minimum Gasteiger partial charge on any atom is -0.339 e. The first kappa shape index (κ1) is 21.6. The molecule has 2 aliphatic heterocycles. The number of anilines is 3. The van der Waals surface area contributed by atoms with Crippen LogP contribution < -0.4 is 9.80 Å². The number of amides is 2. The molecule has 0 N–H and O–H groups in total. The second-order valence-corrected chi connectivity index (χ2v) is 9.27. The molecule has 0 unspecified atom stereocenters. The number of fused-ring (bicyclic) bond motifs is 1. The Morgan fingerprint density at radius 2 is 1.76 bits per heavy atom. The maximum Gasteiger partial charge on any atom is 0.273 e. The van der Waals surface area contributed by atoms with E-state index in [0.29, 0.717) is 44.4 Å². The first-order valence-corrected chi connectivity index (χ1v) is 11.6. The van der Waals surface area contributed by atoms with E-state index in [1.54, 1.807) is 19.1 Å². The lowest BCUT2D eigenvalue weighted by atomic mass is 10.2. The number of nitrogens with zero attached hydrogens (tertiary/aromatic N) is 6. The minimum absolute atomic E-state index is 0.0438. The summed E-state index contributed by atoms with van der Waals surface area (Å²) in [4.78, 5) is 42.5. The van der Waals surface area contributed by atoms with E-state index in [2.05, 4.69) is 4.90 Å². The van der Waals surface area contributed by atoms with Gasteiger partial charge in [-0.15, -0.1) is 0 Å². The monoisotopic (exact) mass is 452 g/mol. The molecule has 5 rings (SSSR count). The fourth-order valence-electron chi connectivity index (χ4n) is 4.58. The predicted octanol–water partition coefficient (Wildman–Crippen LogP) is 2.95. The van der Waals surface area contributed by atoms with Crippen LogP contribution in [0.2, 0.25) is 0 Å². The van der Waals surface area contributed by atoms with Gasteiger partial charge in [-0.3, -0.25) is 9.59 Å². The van der Waals surface area contributed by atoms with Gasteiger partial charge in [-0.1, -0.05) is 0 Å². The average molecular weight is 453 g/mol. The fourth-order valence-corrected chi connectivity index (χ4v) is 4.58. The highest BCUT2D eigenvalue weighted by atomic mass is 19.1. The molecule has 3 aliphatic rings. The molecule has 2 fully saturated rings. The summed E-state index contributed by atoms with van der Waals surface area (Å²) in [5.74, 6) is 0.937. The van der Waals surface area contributed by atoms with Crippen molar-refractivity contribution in [1.29, 1.82) is 0 Å². The van der Waals surface area contributed by atoms with Crippen LogP contribution in [0, 0.1) is 5.82 Å². The van der Waals surface area contributed by atoms with Crippen molar-refractivity contribution in [3.63, 3.8) is 0 Å². The van der Waals surface area contributed by atoms with E-state index in [-0.39, 0.29) is 29.7 Å². The first-order chi connectivity index (χ1) is 15.8. The largest absolute Gasteiger partial charge is 0.339 e. The third kappa shape index (κ3) is 4.00. The Hall–Kier alpha value is -3.23. The second kappa shape index (κ2) is 8.28. The molecular formula is C24H29FN6O2. The molecule has 1 saturated heterocycles. The highest BCUT2D eigenvalue weighted by Gasteiger charge is 2.40. The summed E-state index contributed by atoms with van der Waals surface area (Å²) in [6.45, 7) is 8.45. The van der Waals surface area contributed by atoms with Gasteiger partial charge in [0, 0.05) is 56.4 Å². The average Bonchev–Trinajstić information content (AvgIpc) is 3.58. The number of carbonyl (C=O) groups is 2.